The van der Waals surface area contributed by atoms with E-state index in [2.05, 4.69) is 16.6 Å². The molecule has 0 aromatic carbocycles. The zero-order valence-corrected chi connectivity index (χ0v) is 9.74. The highest BCUT2D eigenvalue weighted by Crippen LogP contribution is 2.13. The van der Waals surface area contributed by atoms with Gasteiger partial charge in [0, 0.05) is 5.54 Å². The first kappa shape index (κ1) is 14.1. The molecule has 0 fully saturated rings. The molecule has 0 aromatic rings. The van der Waals surface area contributed by atoms with E-state index >= 15 is 0 Å². The van der Waals surface area contributed by atoms with E-state index in [1.54, 1.807) is 20.8 Å². The number of hydrogen-bond acceptors (Lipinski definition) is 3. The van der Waals surface area contributed by atoms with E-state index in [9.17, 15) is 9.59 Å². The largest absolute Gasteiger partial charge is 0.445 e. The molecule has 0 atom stereocenters. The lowest BCUT2D eigenvalue weighted by Gasteiger charge is -2.33. The number of terminal acetylenes is 2. The Morgan fingerprint density at radius 1 is 1.25 bits per heavy atom. The van der Waals surface area contributed by atoms with Gasteiger partial charge in [0.25, 0.3) is 0 Å². The molecule has 0 saturated heterocycles. The van der Waals surface area contributed by atoms with Gasteiger partial charge in [0.15, 0.2) is 6.61 Å². The molecular weight excluding hydrogens is 206 g/mol. The van der Waals surface area contributed by atoms with Crippen molar-refractivity contribution in [1.29, 1.82) is 0 Å². The standard InChI is InChI=1S/C12H15NO3/c1-6-8-13(12(3,4)5)10(14)11(15)16-9-7-2/h1-2H,8-9H2,3-5H3. The quantitative estimate of drug-likeness (QED) is 0.386. The molecule has 86 valence electrons. The molecule has 0 spiro atoms. The molecule has 0 N–H and O–H groups in total. The first-order chi connectivity index (χ1) is 7.34. The summed E-state index contributed by atoms with van der Waals surface area (Å²) in [4.78, 5) is 24.2. The van der Waals surface area contributed by atoms with Crippen molar-refractivity contribution in [3.8, 4) is 24.7 Å². The van der Waals surface area contributed by atoms with Crippen molar-refractivity contribution in [3.05, 3.63) is 0 Å². The summed E-state index contributed by atoms with van der Waals surface area (Å²) in [5, 5.41) is 0. The van der Waals surface area contributed by atoms with Crippen molar-refractivity contribution >= 4 is 11.9 Å². The highest BCUT2D eigenvalue weighted by Gasteiger charge is 2.31. The number of amides is 1. The van der Waals surface area contributed by atoms with Gasteiger partial charge in [-0.05, 0) is 20.8 Å². The first-order valence-corrected chi connectivity index (χ1v) is 4.70. The maximum Gasteiger partial charge on any atom is 0.398 e. The van der Waals surface area contributed by atoms with Crippen LogP contribution < -0.4 is 0 Å². The van der Waals surface area contributed by atoms with Crippen LogP contribution >= 0.6 is 0 Å². The normalized spacial score (nSPS) is 9.81. The van der Waals surface area contributed by atoms with Gasteiger partial charge >= 0.3 is 11.9 Å². The van der Waals surface area contributed by atoms with Gasteiger partial charge in [-0.1, -0.05) is 11.8 Å². The van der Waals surface area contributed by atoms with E-state index in [1.165, 1.54) is 4.90 Å². The molecule has 0 aliphatic carbocycles. The number of esters is 1. The average molecular weight is 221 g/mol. The van der Waals surface area contributed by atoms with Gasteiger partial charge in [-0.25, -0.2) is 4.79 Å². The van der Waals surface area contributed by atoms with Crippen LogP contribution in [0.4, 0.5) is 0 Å². The number of rotatable bonds is 2. The molecule has 0 radical (unpaired) electrons. The summed E-state index contributed by atoms with van der Waals surface area (Å²) in [7, 11) is 0. The van der Waals surface area contributed by atoms with Crippen LogP contribution in [0.3, 0.4) is 0 Å². The molecule has 0 aromatic heterocycles. The molecule has 0 heterocycles. The van der Waals surface area contributed by atoms with Crippen molar-refractivity contribution in [3.63, 3.8) is 0 Å². The van der Waals surface area contributed by atoms with Crippen LogP contribution in [0.25, 0.3) is 0 Å². The van der Waals surface area contributed by atoms with E-state index in [0.717, 1.165) is 0 Å². The van der Waals surface area contributed by atoms with Crippen molar-refractivity contribution in [2.75, 3.05) is 13.2 Å². The SMILES string of the molecule is C#CCOC(=O)C(=O)N(CC#C)C(C)(C)C. The first-order valence-electron chi connectivity index (χ1n) is 4.70. The van der Waals surface area contributed by atoms with Gasteiger partial charge in [0.05, 0.1) is 6.54 Å². The van der Waals surface area contributed by atoms with Gasteiger partial charge in [-0.3, -0.25) is 4.79 Å². The molecule has 4 heteroatoms. The van der Waals surface area contributed by atoms with E-state index in [1.807, 2.05) is 0 Å². The molecule has 4 nitrogen and oxygen atoms in total. The van der Waals surface area contributed by atoms with Gasteiger partial charge in [-0.15, -0.1) is 12.8 Å². The van der Waals surface area contributed by atoms with Crippen LogP contribution in [0.2, 0.25) is 0 Å². The van der Waals surface area contributed by atoms with Gasteiger partial charge in [0.2, 0.25) is 0 Å². The molecular formula is C12H15NO3. The Morgan fingerprint density at radius 2 is 1.81 bits per heavy atom. The van der Waals surface area contributed by atoms with Crippen LogP contribution in [0.5, 0.6) is 0 Å². The van der Waals surface area contributed by atoms with Crippen molar-refractivity contribution in [2.45, 2.75) is 26.3 Å². The van der Waals surface area contributed by atoms with Crippen molar-refractivity contribution in [2.24, 2.45) is 0 Å². The summed E-state index contributed by atoms with van der Waals surface area (Å²) in [5.41, 5.74) is -0.543. The molecule has 0 rings (SSSR count). The number of carbonyl (C=O) groups excluding carboxylic acids is 2. The highest BCUT2D eigenvalue weighted by molar-refractivity contribution is 6.32. The zero-order valence-electron chi connectivity index (χ0n) is 9.74. The smallest absolute Gasteiger partial charge is 0.398 e. The molecule has 0 aliphatic rings. The summed E-state index contributed by atoms with van der Waals surface area (Å²) in [6, 6.07) is 0. The van der Waals surface area contributed by atoms with Crippen LogP contribution in [-0.4, -0.2) is 35.5 Å². The fourth-order valence-corrected chi connectivity index (χ4v) is 0.984. The minimum absolute atomic E-state index is 0.0491. The number of ether oxygens (including phenoxy) is 1. The molecule has 1 amide bonds. The van der Waals surface area contributed by atoms with E-state index in [0.29, 0.717) is 0 Å². The lowest BCUT2D eigenvalue weighted by molar-refractivity contribution is -0.161. The van der Waals surface area contributed by atoms with E-state index < -0.39 is 17.4 Å². The molecule has 16 heavy (non-hydrogen) atoms. The van der Waals surface area contributed by atoms with Crippen molar-refractivity contribution in [1.82, 2.24) is 4.90 Å². The van der Waals surface area contributed by atoms with E-state index in [-0.39, 0.29) is 13.2 Å². The topological polar surface area (TPSA) is 46.6 Å². The second-order valence-corrected chi connectivity index (χ2v) is 4.05. The third-order valence-electron chi connectivity index (χ3n) is 1.77. The second kappa shape index (κ2) is 5.82. The minimum Gasteiger partial charge on any atom is -0.445 e. The second-order valence-electron chi connectivity index (χ2n) is 4.05. The highest BCUT2D eigenvalue weighted by atomic mass is 16.5. The Labute approximate surface area is 95.9 Å². The summed E-state index contributed by atoms with van der Waals surface area (Å²) in [6.45, 7) is 5.15. The average Bonchev–Trinajstić information content (AvgIpc) is 2.19. The van der Waals surface area contributed by atoms with Gasteiger partial charge in [-0.2, -0.15) is 0 Å². The Kier molecular flexibility index (Phi) is 5.12. The number of hydrogen-bond donors (Lipinski definition) is 0. The Hall–Kier alpha value is -1.94. The third-order valence-corrected chi connectivity index (χ3v) is 1.77. The Bertz CT molecular complexity index is 352. The van der Waals surface area contributed by atoms with Crippen LogP contribution in [0.1, 0.15) is 20.8 Å². The fourth-order valence-electron chi connectivity index (χ4n) is 0.984. The molecule has 0 aliphatic heterocycles. The predicted molar refractivity (Wildman–Crippen MR) is 60.1 cm³/mol. The summed E-state index contributed by atoms with van der Waals surface area (Å²) >= 11 is 0. The molecule has 0 bridgehead atoms. The van der Waals surface area contributed by atoms with Crippen LogP contribution in [0, 0.1) is 24.7 Å². The predicted octanol–water partition coefficient (Wildman–Crippen LogP) is 0.423. The molecule has 0 saturated carbocycles. The van der Waals surface area contributed by atoms with Crippen molar-refractivity contribution < 1.29 is 14.3 Å². The molecule has 0 unspecified atom stereocenters. The lowest BCUT2D eigenvalue weighted by Crippen LogP contribution is -2.49. The summed E-state index contributed by atoms with van der Waals surface area (Å²) in [5.74, 6) is 2.67. The Morgan fingerprint density at radius 3 is 2.19 bits per heavy atom. The number of carbonyl (C=O) groups is 2. The summed E-state index contributed by atoms with van der Waals surface area (Å²) < 4.78 is 4.54. The zero-order chi connectivity index (χ0) is 12.8. The lowest BCUT2D eigenvalue weighted by atomic mass is 10.1. The minimum atomic E-state index is -0.983. The summed E-state index contributed by atoms with van der Waals surface area (Å²) in [6.07, 6.45) is 10.0. The number of nitrogens with zero attached hydrogens (tertiary/aromatic N) is 1. The maximum absolute atomic E-state index is 11.7. The van der Waals surface area contributed by atoms with Gasteiger partial charge in [0.1, 0.15) is 0 Å². The monoisotopic (exact) mass is 221 g/mol. The maximum atomic E-state index is 11.7. The Balaban J connectivity index is 4.71. The fraction of sp³-hybridized carbons (Fsp3) is 0.500. The van der Waals surface area contributed by atoms with Crippen LogP contribution in [0.15, 0.2) is 0 Å². The van der Waals surface area contributed by atoms with Gasteiger partial charge < -0.3 is 9.64 Å². The third kappa shape index (κ3) is 4.06. The van der Waals surface area contributed by atoms with Crippen LogP contribution in [-0.2, 0) is 14.3 Å². The van der Waals surface area contributed by atoms with E-state index in [4.69, 9.17) is 12.8 Å².